The van der Waals surface area contributed by atoms with Crippen LogP contribution in [0, 0.1) is 14.9 Å². The molecular weight excluding hydrogens is 316 g/mol. The molecule has 1 aromatic carbocycles. The Bertz CT molecular complexity index is 325. The van der Waals surface area contributed by atoms with E-state index in [9.17, 15) is 0 Å². The Kier molecular flexibility index (Phi) is 10.8. The minimum absolute atomic E-state index is 0. The van der Waals surface area contributed by atoms with Crippen LogP contribution in [0.4, 0.5) is 0 Å². The van der Waals surface area contributed by atoms with Crippen molar-refractivity contribution in [3.8, 4) is 0 Å². The summed E-state index contributed by atoms with van der Waals surface area (Å²) in [6.07, 6.45) is 1.99. The van der Waals surface area contributed by atoms with Crippen LogP contribution < -0.4 is 0 Å². The summed E-state index contributed by atoms with van der Waals surface area (Å²) in [5.74, 6) is 0. The number of allylic oxidation sites excluding steroid dienone is 2. The molecule has 0 saturated heterocycles. The van der Waals surface area contributed by atoms with Gasteiger partial charge in [-0.25, -0.2) is 0 Å². The Hall–Kier alpha value is 0.0334. The van der Waals surface area contributed by atoms with E-state index < -0.39 is 13.5 Å². The zero-order chi connectivity index (χ0) is 9.68. The topological polar surface area (TPSA) is 0 Å². The van der Waals surface area contributed by atoms with E-state index in [1.807, 2.05) is 28.9 Å². The maximum Gasteiger partial charge on any atom is -0.358 e. The number of rotatable bonds is 2. The maximum atomic E-state index is 5.72. The van der Waals surface area contributed by atoms with Crippen molar-refractivity contribution in [3.63, 3.8) is 0 Å². The van der Waals surface area contributed by atoms with Crippen molar-refractivity contribution in [2.75, 3.05) is 0 Å². The molecule has 0 spiro atoms. The molecule has 0 fully saturated rings. The second kappa shape index (κ2) is 9.27. The van der Waals surface area contributed by atoms with Gasteiger partial charge in [0, 0.05) is 0 Å². The Morgan fingerprint density at radius 3 is 2.13 bits per heavy atom. The van der Waals surface area contributed by atoms with E-state index >= 15 is 0 Å². The third-order valence-corrected chi connectivity index (χ3v) is 3.41. The first kappa shape index (κ1) is 17.4. The van der Waals surface area contributed by atoms with Gasteiger partial charge in [0.25, 0.3) is 0 Å². The van der Waals surface area contributed by atoms with Crippen LogP contribution in [-0.4, -0.2) is 4.61 Å². The van der Waals surface area contributed by atoms with Gasteiger partial charge in [-0.15, -0.1) is 0 Å². The Morgan fingerprint density at radius 1 is 1.13 bits per heavy atom. The second-order valence-electron chi connectivity index (χ2n) is 2.54. The van der Waals surface area contributed by atoms with Gasteiger partial charge in [-0.05, 0) is 0 Å². The first-order valence-electron chi connectivity index (χ1n) is 3.75. The first-order valence-corrected chi connectivity index (χ1v) is 9.23. The monoisotopic (exact) mass is 332 g/mol. The van der Waals surface area contributed by atoms with Crippen LogP contribution in [0.25, 0.3) is 5.57 Å². The molecule has 0 aliphatic carbocycles. The van der Waals surface area contributed by atoms with Gasteiger partial charge in [-0.2, -0.15) is 0 Å². The summed E-state index contributed by atoms with van der Waals surface area (Å²) < 4.78 is 1.90. The van der Waals surface area contributed by atoms with Gasteiger partial charge in [0.1, 0.15) is 0 Å². The van der Waals surface area contributed by atoms with Crippen LogP contribution in [-0.2, 0) is 13.5 Å². The van der Waals surface area contributed by atoms with Crippen LogP contribution in [0.15, 0.2) is 36.4 Å². The molecule has 88 valence electrons. The minimum Gasteiger partial charge on any atom is -0.358 e. The summed E-state index contributed by atoms with van der Waals surface area (Å²) in [6, 6.07) is 10.2. The van der Waals surface area contributed by atoms with E-state index in [1.165, 1.54) is 11.1 Å². The second-order valence-corrected chi connectivity index (χ2v) is 8.34. The summed E-state index contributed by atoms with van der Waals surface area (Å²) >= 11 is -1.64. The molecule has 1 aromatic rings. The van der Waals surface area contributed by atoms with Crippen molar-refractivity contribution in [2.24, 2.45) is 0 Å². The van der Waals surface area contributed by atoms with Gasteiger partial charge in [-0.1, -0.05) is 0 Å². The quantitative estimate of drug-likeness (QED) is 0.543. The molecule has 0 bridgehead atoms. The fraction of sp³-hybridized carbons (Fsp3) is 0.0833. The molecule has 0 unspecified atom stereocenters. The van der Waals surface area contributed by atoms with E-state index in [-0.39, 0.29) is 14.9 Å². The van der Waals surface area contributed by atoms with Crippen molar-refractivity contribution in [1.82, 2.24) is 0 Å². The van der Waals surface area contributed by atoms with Crippen LogP contribution in [0.3, 0.4) is 0 Å². The molecular formula is C12H16Cl2Ru-2. The molecule has 0 amide bonds. The molecule has 0 aliphatic rings. The molecule has 15 heavy (non-hydrogen) atoms. The van der Waals surface area contributed by atoms with Crippen LogP contribution >= 0.6 is 19.4 Å². The molecule has 0 atom stereocenters. The van der Waals surface area contributed by atoms with Crippen LogP contribution in [0.2, 0.25) is 0 Å². The SMILES string of the molecule is C/C(=C\[CH]=[Ru]([Cl])[Cl])c1ccccc1.[CH3-].[CH3-]. The van der Waals surface area contributed by atoms with Crippen LogP contribution in [0.1, 0.15) is 12.5 Å². The molecule has 0 saturated carbocycles. The van der Waals surface area contributed by atoms with E-state index in [0.717, 1.165) is 0 Å². The van der Waals surface area contributed by atoms with Gasteiger partial charge in [0.15, 0.2) is 0 Å². The molecule has 3 heteroatoms. The standard InChI is InChI=1S/C10H10.2CH3.2ClH.Ru/c1-3-9(2)10-7-5-4-6-8-10;;;;;/h1,3-8H,2H3;2*1H3;2*1H;/q;2*-1;;;+2/p-2/b9-3+;;;;;. The third-order valence-electron chi connectivity index (χ3n) is 1.63. The van der Waals surface area contributed by atoms with Gasteiger partial charge in [0.05, 0.1) is 0 Å². The van der Waals surface area contributed by atoms with Crippen molar-refractivity contribution in [3.05, 3.63) is 56.8 Å². The summed E-state index contributed by atoms with van der Waals surface area (Å²) in [7, 11) is 11.4. The van der Waals surface area contributed by atoms with Gasteiger partial charge in [0.2, 0.25) is 0 Å². The fourth-order valence-electron chi connectivity index (χ4n) is 0.930. The number of halogens is 2. The zero-order valence-electron chi connectivity index (χ0n) is 9.15. The van der Waals surface area contributed by atoms with E-state index in [4.69, 9.17) is 19.4 Å². The summed E-state index contributed by atoms with van der Waals surface area (Å²) in [5, 5.41) is 0. The first-order chi connectivity index (χ1) is 6.20. The van der Waals surface area contributed by atoms with Crippen molar-refractivity contribution >= 4 is 29.6 Å². The van der Waals surface area contributed by atoms with Gasteiger partial charge < -0.3 is 14.9 Å². The van der Waals surface area contributed by atoms with Gasteiger partial charge >= 0.3 is 92.0 Å². The average molecular weight is 332 g/mol. The predicted octanol–water partition coefficient (Wildman–Crippen LogP) is 4.72. The molecule has 1 rings (SSSR count). The third kappa shape index (κ3) is 7.00. The van der Waals surface area contributed by atoms with E-state index in [1.54, 1.807) is 0 Å². The minimum atomic E-state index is -1.64. The smallest absolute Gasteiger partial charge is 0.358 e. The summed E-state index contributed by atoms with van der Waals surface area (Å²) in [4.78, 5) is 0. The molecule has 0 N–H and O–H groups in total. The van der Waals surface area contributed by atoms with Crippen molar-refractivity contribution < 1.29 is 13.5 Å². The predicted molar refractivity (Wildman–Crippen MR) is 70.7 cm³/mol. The maximum absolute atomic E-state index is 5.72. The Morgan fingerprint density at radius 2 is 1.67 bits per heavy atom. The van der Waals surface area contributed by atoms with E-state index in [2.05, 4.69) is 19.1 Å². The molecule has 0 nitrogen and oxygen atoms in total. The van der Waals surface area contributed by atoms with Gasteiger partial charge in [-0.3, -0.25) is 0 Å². The normalized spacial score (nSPS) is 10.9. The number of benzene rings is 1. The molecule has 0 heterocycles. The van der Waals surface area contributed by atoms with E-state index in [0.29, 0.717) is 0 Å². The summed E-state index contributed by atoms with van der Waals surface area (Å²) in [5.41, 5.74) is 2.41. The molecule has 0 aliphatic heterocycles. The Balaban J connectivity index is 0. The number of hydrogen-bond acceptors (Lipinski definition) is 0. The fourth-order valence-corrected chi connectivity index (χ4v) is 2.11. The van der Waals surface area contributed by atoms with Crippen molar-refractivity contribution in [2.45, 2.75) is 6.92 Å². The number of hydrogen-bond donors (Lipinski definition) is 0. The van der Waals surface area contributed by atoms with Crippen molar-refractivity contribution in [1.29, 1.82) is 0 Å². The Labute approximate surface area is 106 Å². The molecule has 0 radical (unpaired) electrons. The zero-order valence-corrected chi connectivity index (χ0v) is 12.4. The largest absolute Gasteiger partial charge is 0.358 e. The summed E-state index contributed by atoms with van der Waals surface area (Å²) in [6.45, 7) is 2.05. The molecule has 0 aromatic heterocycles. The van der Waals surface area contributed by atoms with Crippen LogP contribution in [0.5, 0.6) is 0 Å². The average Bonchev–Trinajstić information content (AvgIpc) is 2.15.